The van der Waals surface area contributed by atoms with Crippen LogP contribution in [-0.2, 0) is 0 Å². The minimum absolute atomic E-state index is 0.0577. The van der Waals surface area contributed by atoms with E-state index in [0.29, 0.717) is 18.7 Å². The number of halogens is 3. The van der Waals surface area contributed by atoms with Crippen LogP contribution in [0.4, 0.5) is 13.2 Å². The van der Waals surface area contributed by atoms with Crippen molar-refractivity contribution in [2.75, 3.05) is 13.1 Å². The predicted octanol–water partition coefficient (Wildman–Crippen LogP) is 3.14. The largest absolute Gasteiger partial charge is 0.446 e. The van der Waals surface area contributed by atoms with E-state index in [1.807, 2.05) is 0 Å². The lowest BCUT2D eigenvalue weighted by molar-refractivity contribution is -0.0328. The van der Waals surface area contributed by atoms with Gasteiger partial charge in [0.2, 0.25) is 0 Å². The molecule has 1 saturated heterocycles. The fourth-order valence-electron chi connectivity index (χ4n) is 2.35. The van der Waals surface area contributed by atoms with Crippen LogP contribution in [0.1, 0.15) is 23.7 Å². The molecule has 0 aliphatic carbocycles. The first-order chi connectivity index (χ1) is 9.76. The standard InChI is InChI=1S/C14H16F3NO2S/c1-9(19)11-6-7-18(8-11)13(20)10-2-4-12(5-3-10)21-14(15,16)17/h2-5,9,11,19H,6-8H2,1H3. The molecule has 0 aromatic heterocycles. The molecule has 1 N–H and O–H groups in total. The van der Waals surface area contributed by atoms with Crippen molar-refractivity contribution in [1.29, 1.82) is 0 Å². The highest BCUT2D eigenvalue weighted by molar-refractivity contribution is 8.00. The molecule has 7 heteroatoms. The Bertz CT molecular complexity index is 502. The van der Waals surface area contributed by atoms with E-state index in [9.17, 15) is 23.1 Å². The van der Waals surface area contributed by atoms with Gasteiger partial charge in [0.15, 0.2) is 0 Å². The summed E-state index contributed by atoms with van der Waals surface area (Å²) in [6.07, 6.45) is 0.277. The molecule has 1 aliphatic heterocycles. The van der Waals surface area contributed by atoms with Crippen LogP contribution in [0.15, 0.2) is 29.2 Å². The van der Waals surface area contributed by atoms with Gasteiger partial charge in [0.05, 0.1) is 6.10 Å². The SMILES string of the molecule is CC(O)C1CCN(C(=O)c2ccc(SC(F)(F)F)cc2)C1. The normalized spacial score (nSPS) is 20.6. The summed E-state index contributed by atoms with van der Waals surface area (Å²) in [5.41, 5.74) is -3.96. The third-order valence-electron chi connectivity index (χ3n) is 3.53. The number of likely N-dealkylation sites (tertiary alicyclic amines) is 1. The van der Waals surface area contributed by atoms with E-state index in [1.165, 1.54) is 24.3 Å². The van der Waals surface area contributed by atoms with Gasteiger partial charge in [0, 0.05) is 29.5 Å². The number of alkyl halides is 3. The van der Waals surface area contributed by atoms with Gasteiger partial charge in [0.25, 0.3) is 5.91 Å². The smallest absolute Gasteiger partial charge is 0.393 e. The second-order valence-corrected chi connectivity index (χ2v) is 6.25. The minimum Gasteiger partial charge on any atom is -0.393 e. The Kier molecular flexibility index (Phi) is 4.83. The van der Waals surface area contributed by atoms with E-state index in [0.717, 1.165) is 6.42 Å². The zero-order valence-electron chi connectivity index (χ0n) is 11.4. The number of carbonyl (C=O) groups is 1. The number of thioether (sulfide) groups is 1. The Morgan fingerprint density at radius 2 is 2.00 bits per heavy atom. The van der Waals surface area contributed by atoms with Crippen molar-refractivity contribution in [2.24, 2.45) is 5.92 Å². The highest BCUT2D eigenvalue weighted by Gasteiger charge is 2.31. The second kappa shape index (κ2) is 6.27. The highest BCUT2D eigenvalue weighted by atomic mass is 32.2. The summed E-state index contributed by atoms with van der Waals surface area (Å²) in [6.45, 7) is 2.74. The first-order valence-electron chi connectivity index (χ1n) is 6.59. The number of hydrogen-bond donors (Lipinski definition) is 1. The molecular formula is C14H16F3NO2S. The Morgan fingerprint density at radius 3 is 2.48 bits per heavy atom. The second-order valence-electron chi connectivity index (χ2n) is 5.11. The summed E-state index contributed by atoms with van der Waals surface area (Å²) in [4.78, 5) is 13.9. The van der Waals surface area contributed by atoms with Crippen molar-refractivity contribution >= 4 is 17.7 Å². The summed E-state index contributed by atoms with van der Waals surface area (Å²) in [5, 5.41) is 9.52. The maximum atomic E-state index is 12.2. The summed E-state index contributed by atoms with van der Waals surface area (Å²) < 4.78 is 36.7. The van der Waals surface area contributed by atoms with Gasteiger partial charge in [-0.1, -0.05) is 0 Å². The maximum absolute atomic E-state index is 12.2. The van der Waals surface area contributed by atoms with Crippen LogP contribution >= 0.6 is 11.8 Å². The van der Waals surface area contributed by atoms with Crippen LogP contribution in [0.2, 0.25) is 0 Å². The van der Waals surface area contributed by atoms with E-state index in [1.54, 1.807) is 11.8 Å². The summed E-state index contributed by atoms with van der Waals surface area (Å²) in [6, 6.07) is 5.42. The molecule has 1 heterocycles. The number of aliphatic hydroxyl groups is 1. The lowest BCUT2D eigenvalue weighted by Gasteiger charge is -2.18. The molecule has 2 rings (SSSR count). The molecule has 0 bridgehead atoms. The van der Waals surface area contributed by atoms with Gasteiger partial charge >= 0.3 is 5.51 Å². The molecule has 21 heavy (non-hydrogen) atoms. The summed E-state index contributed by atoms with van der Waals surface area (Å²) in [7, 11) is 0. The van der Waals surface area contributed by atoms with E-state index < -0.39 is 11.6 Å². The van der Waals surface area contributed by atoms with Crippen LogP contribution < -0.4 is 0 Å². The molecule has 2 atom stereocenters. The molecule has 3 nitrogen and oxygen atoms in total. The molecule has 1 aliphatic rings. The van der Waals surface area contributed by atoms with Crippen molar-refractivity contribution in [3.8, 4) is 0 Å². The summed E-state index contributed by atoms with van der Waals surface area (Å²) in [5.74, 6) is -0.143. The monoisotopic (exact) mass is 319 g/mol. The zero-order valence-corrected chi connectivity index (χ0v) is 12.2. The quantitative estimate of drug-likeness (QED) is 0.870. The Labute approximate surface area is 125 Å². The number of benzene rings is 1. The number of amides is 1. The van der Waals surface area contributed by atoms with Gasteiger partial charge in [-0.2, -0.15) is 13.2 Å². The maximum Gasteiger partial charge on any atom is 0.446 e. The number of aliphatic hydroxyl groups excluding tert-OH is 1. The lowest BCUT2D eigenvalue weighted by Crippen LogP contribution is -2.30. The Balaban J connectivity index is 2.01. The minimum atomic E-state index is -4.33. The topological polar surface area (TPSA) is 40.5 Å². The number of carbonyl (C=O) groups excluding carboxylic acids is 1. The fourth-order valence-corrected chi connectivity index (χ4v) is 2.89. The first kappa shape index (κ1) is 16.2. The molecule has 116 valence electrons. The van der Waals surface area contributed by atoms with E-state index in [4.69, 9.17) is 0 Å². The van der Waals surface area contributed by atoms with Crippen LogP contribution in [0.5, 0.6) is 0 Å². The zero-order chi connectivity index (χ0) is 15.6. The molecule has 0 saturated carbocycles. The molecule has 0 spiro atoms. The van der Waals surface area contributed by atoms with Crippen LogP contribution in [0.3, 0.4) is 0 Å². The molecule has 1 aromatic carbocycles. The van der Waals surface area contributed by atoms with Crippen LogP contribution in [0, 0.1) is 5.92 Å². The van der Waals surface area contributed by atoms with E-state index in [-0.39, 0.29) is 28.5 Å². The molecule has 1 aromatic rings. The number of nitrogens with zero attached hydrogens (tertiary/aromatic N) is 1. The fraction of sp³-hybridized carbons (Fsp3) is 0.500. The van der Waals surface area contributed by atoms with Gasteiger partial charge < -0.3 is 10.0 Å². The lowest BCUT2D eigenvalue weighted by atomic mass is 10.0. The third kappa shape index (κ3) is 4.38. The van der Waals surface area contributed by atoms with Gasteiger partial charge in [-0.15, -0.1) is 0 Å². The average molecular weight is 319 g/mol. The number of hydrogen-bond acceptors (Lipinski definition) is 3. The molecule has 1 fully saturated rings. The Hall–Kier alpha value is -1.21. The highest BCUT2D eigenvalue weighted by Crippen LogP contribution is 2.36. The Morgan fingerprint density at radius 1 is 1.38 bits per heavy atom. The third-order valence-corrected chi connectivity index (χ3v) is 4.27. The van der Waals surface area contributed by atoms with Crippen molar-refractivity contribution in [3.63, 3.8) is 0 Å². The van der Waals surface area contributed by atoms with Crippen molar-refractivity contribution in [3.05, 3.63) is 29.8 Å². The summed E-state index contributed by atoms with van der Waals surface area (Å²) >= 11 is -0.200. The van der Waals surface area contributed by atoms with E-state index in [2.05, 4.69) is 0 Å². The average Bonchev–Trinajstić information content (AvgIpc) is 2.86. The molecule has 1 amide bonds. The van der Waals surface area contributed by atoms with Crippen molar-refractivity contribution < 1.29 is 23.1 Å². The van der Waals surface area contributed by atoms with Gasteiger partial charge in [-0.3, -0.25) is 4.79 Å². The molecule has 2 unspecified atom stereocenters. The molecular weight excluding hydrogens is 303 g/mol. The van der Waals surface area contributed by atoms with Gasteiger partial charge in [-0.05, 0) is 49.4 Å². The van der Waals surface area contributed by atoms with Crippen LogP contribution in [0.25, 0.3) is 0 Å². The van der Waals surface area contributed by atoms with E-state index >= 15 is 0 Å². The van der Waals surface area contributed by atoms with Gasteiger partial charge in [0.1, 0.15) is 0 Å². The predicted molar refractivity (Wildman–Crippen MR) is 74.0 cm³/mol. The van der Waals surface area contributed by atoms with Gasteiger partial charge in [-0.25, -0.2) is 0 Å². The van der Waals surface area contributed by atoms with Crippen LogP contribution in [-0.4, -0.2) is 40.6 Å². The first-order valence-corrected chi connectivity index (χ1v) is 7.41. The van der Waals surface area contributed by atoms with Crippen molar-refractivity contribution in [1.82, 2.24) is 4.90 Å². The molecule has 0 radical (unpaired) electrons. The van der Waals surface area contributed by atoms with Crippen molar-refractivity contribution in [2.45, 2.75) is 29.9 Å². The number of rotatable bonds is 3.